The highest BCUT2D eigenvalue weighted by Gasteiger charge is 2.27. The van der Waals surface area contributed by atoms with E-state index in [4.69, 9.17) is 108 Å². The first-order valence-electron chi connectivity index (χ1n) is 25.6. The topological polar surface area (TPSA) is 358 Å². The summed E-state index contributed by atoms with van der Waals surface area (Å²) in [7, 11) is 0. The number of aromatic amines is 1. The van der Waals surface area contributed by atoms with Crippen molar-refractivity contribution in [1.82, 2.24) is 98.4 Å². The van der Waals surface area contributed by atoms with Gasteiger partial charge in [-0.05, 0) is 60.5 Å². The lowest BCUT2D eigenvalue weighted by molar-refractivity contribution is 0.122. The third-order valence-electron chi connectivity index (χ3n) is 13.4. The summed E-state index contributed by atoms with van der Waals surface area (Å²) in [6.07, 6.45) is 16.8. The first-order valence-corrected chi connectivity index (χ1v) is 27.5. The number of nitrogen functional groups attached to an aromatic ring is 2. The molecule has 0 radical (unpaired) electrons. The molecule has 4 atom stereocenters. The lowest BCUT2D eigenvalue weighted by Gasteiger charge is -2.27. The van der Waals surface area contributed by atoms with Crippen LogP contribution in [0, 0.1) is 0 Å². The minimum Gasteiger partial charge on any atom is -0.391 e. The maximum Gasteiger partial charge on any atom is 0.228 e. The molecule has 34 heteroatoms. The predicted octanol–water partition coefficient (Wildman–Crippen LogP) is 6.30. The number of fused-ring (bicyclic) bond motifs is 4. The van der Waals surface area contributed by atoms with E-state index < -0.39 is 0 Å². The molecule has 436 valence electrons. The van der Waals surface area contributed by atoms with Crippen LogP contribution in [-0.4, -0.2) is 189 Å². The van der Waals surface area contributed by atoms with Crippen LogP contribution in [-0.2, 0) is 23.7 Å². The van der Waals surface area contributed by atoms with Gasteiger partial charge >= 0.3 is 0 Å². The number of anilines is 3. The van der Waals surface area contributed by atoms with Crippen molar-refractivity contribution in [3.8, 4) is 22.5 Å². The normalized spacial score (nSPS) is 19.4. The average Bonchev–Trinajstić information content (AvgIpc) is 4.29. The van der Waals surface area contributed by atoms with Crippen LogP contribution in [0.3, 0.4) is 0 Å². The Kier molecular flexibility index (Phi) is 19.3. The molecule has 5 fully saturated rings. The molecule has 15 rings (SSSR count). The average molecular weight is 1240 g/mol. The standard InChI is InChI=1S/C17H20N8O2.C13H12ClN7O.C9H8Cl2N4O.C5H2Cl2N4.C4H8O2.CH4/c18-16-19-7-11(8-20-16)13-14-15(25(10-21-14)12-1-4-27-9-12)23-17(22-13)24-2-5-26-6-3-24;14-12-19-9(7-3-16-13(15)17-4-7)10-11(20-12)21(6-18-10)8-1-2-22-5-8;10-7-6-8(14-9(11)13-7)15(4-12-6)5-1-2-16-3-5;6-3-2-4(9-1-8-2)11-5(7)10-3;5-4-1-2-6-3-4;/h7-8,10,12H,1-6,9H2,(H2,18,19,20);3-4,6,8H,1-2,5H2,(H2,15,16,17);4-5H,1-3H2;1H,(H,8,9,10,11);4-5H,1-3H2;1H4. The van der Waals surface area contributed by atoms with Gasteiger partial charge in [-0.15, -0.1) is 0 Å². The van der Waals surface area contributed by atoms with Gasteiger partial charge in [0.05, 0.1) is 89.2 Å². The summed E-state index contributed by atoms with van der Waals surface area (Å²) in [5, 5.41) is 9.57. The Morgan fingerprint density at radius 3 is 1.43 bits per heavy atom. The Morgan fingerprint density at radius 2 is 0.940 bits per heavy atom. The summed E-state index contributed by atoms with van der Waals surface area (Å²) < 4.78 is 32.6. The summed E-state index contributed by atoms with van der Waals surface area (Å²) in [4.78, 5) is 72.0. The molecule has 10 aromatic heterocycles. The van der Waals surface area contributed by atoms with Crippen molar-refractivity contribution in [1.29, 1.82) is 0 Å². The van der Waals surface area contributed by atoms with E-state index in [1.807, 2.05) is 15.5 Å². The molecule has 0 bridgehead atoms. The highest BCUT2D eigenvalue weighted by atomic mass is 35.5. The molecule has 5 aliphatic rings. The number of H-pyrrole nitrogens is 1. The molecular weight excluding hydrogens is 1180 g/mol. The summed E-state index contributed by atoms with van der Waals surface area (Å²) in [6.45, 7) is 8.35. The number of aliphatic hydroxyl groups is 1. The van der Waals surface area contributed by atoms with Crippen LogP contribution in [0.5, 0.6) is 0 Å². The molecule has 0 aromatic carbocycles. The number of nitrogens with two attached hydrogens (primary N) is 2. The van der Waals surface area contributed by atoms with E-state index in [1.165, 1.54) is 6.33 Å². The van der Waals surface area contributed by atoms with E-state index in [-0.39, 0.29) is 69.7 Å². The molecule has 4 unspecified atom stereocenters. The third-order valence-corrected chi connectivity index (χ3v) is 14.4. The van der Waals surface area contributed by atoms with Gasteiger partial charge in [-0.3, -0.25) is 0 Å². The van der Waals surface area contributed by atoms with Crippen LogP contribution in [0.15, 0.2) is 50.1 Å². The smallest absolute Gasteiger partial charge is 0.228 e. The van der Waals surface area contributed by atoms with Gasteiger partial charge in [0.25, 0.3) is 0 Å². The van der Waals surface area contributed by atoms with Crippen LogP contribution in [0.4, 0.5) is 17.8 Å². The van der Waals surface area contributed by atoms with E-state index in [1.54, 1.807) is 37.4 Å². The summed E-state index contributed by atoms with van der Waals surface area (Å²) in [5.41, 5.74) is 19.1. The minimum absolute atomic E-state index is 0. The van der Waals surface area contributed by atoms with Crippen LogP contribution in [0.25, 0.3) is 67.2 Å². The maximum atomic E-state index is 8.60. The zero-order valence-electron chi connectivity index (χ0n) is 43.2. The number of hydrogen-bond donors (Lipinski definition) is 4. The van der Waals surface area contributed by atoms with Crippen LogP contribution in [0.1, 0.15) is 51.2 Å². The minimum atomic E-state index is -0.176. The fourth-order valence-electron chi connectivity index (χ4n) is 9.20. The molecule has 5 saturated heterocycles. The second kappa shape index (κ2) is 27.1. The van der Waals surface area contributed by atoms with Gasteiger partial charge in [0.15, 0.2) is 32.9 Å². The second-order valence-corrected chi connectivity index (χ2v) is 20.4. The van der Waals surface area contributed by atoms with Gasteiger partial charge in [0.2, 0.25) is 33.7 Å². The lowest BCUT2D eigenvalue weighted by atomic mass is 10.2. The van der Waals surface area contributed by atoms with Crippen molar-refractivity contribution in [3.05, 3.63) is 76.3 Å². The summed E-state index contributed by atoms with van der Waals surface area (Å²) >= 11 is 29.0. The SMILES string of the molecule is C.Clc1nc(Cl)c2[nH]cnc2n1.Clc1nc(Cl)c2ncn(C3CCOC3)c2n1.Nc1ncc(-c2nc(Cl)nc3c2ncn3C2CCOC2)cn1.Nc1ncc(-c2nc(N3CCOCC3)nc3c2ncn3C2CCOC2)cn1.OC1CCOC1. The molecule has 29 nitrogen and oxygen atoms in total. The number of halogens is 5. The van der Waals surface area contributed by atoms with E-state index in [2.05, 4.69) is 84.2 Å². The quantitative estimate of drug-likeness (QED) is 0.105. The number of ether oxygens (including phenoxy) is 5. The van der Waals surface area contributed by atoms with Crippen LogP contribution >= 0.6 is 58.0 Å². The molecular formula is C49H54Cl5N23O6. The second-order valence-electron chi connectivity index (χ2n) is 18.7. The highest BCUT2D eigenvalue weighted by molar-refractivity contribution is 6.35. The number of nitrogens with one attached hydrogen (secondary N) is 1. The maximum absolute atomic E-state index is 8.60. The van der Waals surface area contributed by atoms with Gasteiger partial charge in [-0.25, -0.2) is 59.8 Å². The Balaban J connectivity index is 0.000000124. The van der Waals surface area contributed by atoms with E-state index in [9.17, 15) is 0 Å². The number of rotatable bonds is 6. The van der Waals surface area contributed by atoms with Crippen LogP contribution < -0.4 is 16.4 Å². The van der Waals surface area contributed by atoms with Crippen molar-refractivity contribution in [3.63, 3.8) is 0 Å². The van der Waals surface area contributed by atoms with Gasteiger partial charge in [0.1, 0.15) is 33.5 Å². The van der Waals surface area contributed by atoms with Crippen molar-refractivity contribution < 1.29 is 28.8 Å². The highest BCUT2D eigenvalue weighted by Crippen LogP contribution is 2.33. The molecule has 0 aliphatic carbocycles. The third kappa shape index (κ3) is 13.8. The number of aromatic nitrogens is 20. The number of aliphatic hydroxyl groups excluding tert-OH is 1. The fraction of sp³-hybridized carbons (Fsp3) is 0.429. The van der Waals surface area contributed by atoms with Gasteiger partial charge < -0.3 is 63.8 Å². The lowest BCUT2D eigenvalue weighted by Crippen LogP contribution is -2.37. The van der Waals surface area contributed by atoms with Crippen molar-refractivity contribution in [2.24, 2.45) is 0 Å². The number of nitrogens with zero attached hydrogens (tertiary/aromatic N) is 20. The van der Waals surface area contributed by atoms with Crippen molar-refractivity contribution in [2.75, 3.05) is 95.5 Å². The van der Waals surface area contributed by atoms with E-state index in [0.717, 1.165) is 81.9 Å². The van der Waals surface area contributed by atoms with E-state index >= 15 is 0 Å². The molecule has 0 saturated carbocycles. The Morgan fingerprint density at radius 1 is 0.482 bits per heavy atom. The number of imidazole rings is 4. The molecule has 6 N–H and O–H groups in total. The van der Waals surface area contributed by atoms with Crippen molar-refractivity contribution in [2.45, 2.75) is 57.3 Å². The Labute approximate surface area is 496 Å². The van der Waals surface area contributed by atoms with Gasteiger partial charge in [-0.1, -0.05) is 30.6 Å². The number of morpholine rings is 1. The molecule has 5 aliphatic heterocycles. The summed E-state index contributed by atoms with van der Waals surface area (Å²) in [5.74, 6) is 1.10. The van der Waals surface area contributed by atoms with E-state index in [0.29, 0.717) is 96.0 Å². The first-order chi connectivity index (χ1) is 39.9. The Bertz CT molecular complexity index is 3770. The van der Waals surface area contributed by atoms with Crippen molar-refractivity contribution >= 4 is 121 Å². The molecule has 83 heavy (non-hydrogen) atoms. The Hall–Kier alpha value is -7.03. The first kappa shape index (κ1) is 59.1. The predicted molar refractivity (Wildman–Crippen MR) is 308 cm³/mol. The monoisotopic (exact) mass is 1240 g/mol. The fourth-order valence-corrected chi connectivity index (χ4v) is 10.2. The zero-order valence-corrected chi connectivity index (χ0v) is 47.0. The molecule has 15 heterocycles. The van der Waals surface area contributed by atoms with Gasteiger partial charge in [0, 0.05) is 75.4 Å². The molecule has 0 amide bonds. The number of hydrogen-bond acceptors (Lipinski definition) is 25. The van der Waals surface area contributed by atoms with Gasteiger partial charge in [-0.2, -0.15) is 19.9 Å². The van der Waals surface area contributed by atoms with Crippen LogP contribution in [0.2, 0.25) is 26.2 Å². The molecule has 10 aromatic rings. The zero-order chi connectivity index (χ0) is 56.7. The summed E-state index contributed by atoms with van der Waals surface area (Å²) in [6, 6.07) is 0.705. The largest absolute Gasteiger partial charge is 0.391 e. The molecule has 0 spiro atoms.